The lowest BCUT2D eigenvalue weighted by atomic mass is 9.82. The normalized spacial score (nSPS) is 18.0. The zero-order chi connectivity index (χ0) is 24.4. The first kappa shape index (κ1) is 23.0. The molecule has 0 radical (unpaired) electrons. The van der Waals surface area contributed by atoms with E-state index >= 15 is 0 Å². The Kier molecular flexibility index (Phi) is 6.49. The third kappa shape index (κ3) is 4.76. The molecule has 0 bridgehead atoms. The van der Waals surface area contributed by atoms with Crippen molar-refractivity contribution < 1.29 is 18.7 Å². The molecule has 0 aliphatic heterocycles. The molecule has 1 fully saturated rings. The minimum Gasteiger partial charge on any atom is -0.469 e. The van der Waals surface area contributed by atoms with Gasteiger partial charge in [0.05, 0.1) is 36.3 Å². The summed E-state index contributed by atoms with van der Waals surface area (Å²) < 4.78 is 21.7. The molecule has 4 aromatic rings. The fourth-order valence-electron chi connectivity index (χ4n) is 5.10. The monoisotopic (exact) mass is 473 g/mol. The Morgan fingerprint density at radius 3 is 2.60 bits per heavy atom. The summed E-state index contributed by atoms with van der Waals surface area (Å²) in [4.78, 5) is 29.5. The van der Waals surface area contributed by atoms with Crippen LogP contribution in [-0.4, -0.2) is 35.1 Å². The Bertz CT molecular complexity index is 1390. The highest BCUT2D eigenvalue weighted by molar-refractivity contribution is 6.06. The maximum Gasteiger partial charge on any atom is 0.308 e. The van der Waals surface area contributed by atoms with Crippen LogP contribution in [0.3, 0.4) is 0 Å². The molecule has 0 unspecified atom stereocenters. The molecule has 35 heavy (non-hydrogen) atoms. The first-order valence-electron chi connectivity index (χ1n) is 12.0. The van der Waals surface area contributed by atoms with Crippen molar-refractivity contribution >= 4 is 33.6 Å². The molecule has 2 heterocycles. The Morgan fingerprint density at radius 2 is 1.83 bits per heavy atom. The third-order valence-corrected chi connectivity index (χ3v) is 7.06. The highest BCUT2D eigenvalue weighted by Crippen LogP contribution is 2.30. The van der Waals surface area contributed by atoms with Crippen molar-refractivity contribution in [2.45, 2.75) is 32.2 Å². The zero-order valence-electron chi connectivity index (χ0n) is 19.7. The van der Waals surface area contributed by atoms with E-state index in [1.165, 1.54) is 13.2 Å². The summed E-state index contributed by atoms with van der Waals surface area (Å²) in [6.45, 7) is 0.880. The summed E-state index contributed by atoms with van der Waals surface area (Å²) in [5.41, 5.74) is 1.45. The lowest BCUT2D eigenvalue weighted by Crippen LogP contribution is -2.33. The minimum absolute atomic E-state index is 0.0523. The number of hydrogen-bond acceptors (Lipinski definition) is 4. The Hall–Kier alpha value is -3.74. The van der Waals surface area contributed by atoms with Gasteiger partial charge in [-0.1, -0.05) is 24.3 Å². The third-order valence-electron chi connectivity index (χ3n) is 7.06. The predicted molar refractivity (Wildman–Crippen MR) is 133 cm³/mol. The summed E-state index contributed by atoms with van der Waals surface area (Å²) in [5, 5.41) is 5.88. The molecular formula is C28H28FN3O3. The number of carbonyl (C=O) groups excluding carboxylic acids is 2. The zero-order valence-corrected chi connectivity index (χ0v) is 19.7. The van der Waals surface area contributed by atoms with Crippen molar-refractivity contribution in [2.24, 2.45) is 11.8 Å². The molecule has 6 nitrogen and oxygen atoms in total. The molecule has 1 saturated carbocycles. The van der Waals surface area contributed by atoms with E-state index in [1.807, 2.05) is 53.4 Å². The number of ether oxygens (including phenoxy) is 1. The molecular weight excluding hydrogens is 445 g/mol. The number of pyridine rings is 1. The molecule has 7 heteroatoms. The number of benzene rings is 2. The van der Waals surface area contributed by atoms with Crippen LogP contribution in [0.4, 0.5) is 4.39 Å². The van der Waals surface area contributed by atoms with Gasteiger partial charge in [0.25, 0.3) is 5.91 Å². The molecule has 0 saturated heterocycles. The molecule has 1 aliphatic rings. The quantitative estimate of drug-likeness (QED) is 0.396. The number of aromatic nitrogens is 2. The van der Waals surface area contributed by atoms with Crippen LogP contribution in [0, 0.1) is 17.7 Å². The molecule has 0 spiro atoms. The van der Waals surface area contributed by atoms with E-state index < -0.39 is 11.7 Å². The number of hydrogen-bond donors (Lipinski definition) is 1. The van der Waals surface area contributed by atoms with Gasteiger partial charge in [0.1, 0.15) is 5.82 Å². The van der Waals surface area contributed by atoms with Crippen LogP contribution in [0.15, 0.2) is 60.9 Å². The van der Waals surface area contributed by atoms with Gasteiger partial charge in [-0.3, -0.25) is 14.6 Å². The van der Waals surface area contributed by atoms with Gasteiger partial charge in [0.15, 0.2) is 0 Å². The smallest absolute Gasteiger partial charge is 0.308 e. The summed E-state index contributed by atoms with van der Waals surface area (Å²) in [7, 11) is 1.41. The Morgan fingerprint density at radius 1 is 1.06 bits per heavy atom. The standard InChI is InChI=1S/C28H28FN3O3/c1-35-28(34)20-8-6-18(7-9-20)15-31-27(33)25-24(29)11-10-19-12-13-32(26(19)25)17-23-14-21-4-2-3-5-22(21)16-30-23/h2-5,10-14,16,18,20H,6-9,15,17H2,1H3,(H,31,33). The number of nitrogens with zero attached hydrogens (tertiary/aromatic N) is 2. The molecule has 0 atom stereocenters. The predicted octanol–water partition coefficient (Wildman–Crippen LogP) is 5.09. The van der Waals surface area contributed by atoms with Crippen molar-refractivity contribution in [1.29, 1.82) is 0 Å². The largest absolute Gasteiger partial charge is 0.469 e. The average molecular weight is 474 g/mol. The van der Waals surface area contributed by atoms with Crippen molar-refractivity contribution in [2.75, 3.05) is 13.7 Å². The first-order chi connectivity index (χ1) is 17.0. The van der Waals surface area contributed by atoms with Gasteiger partial charge in [-0.25, -0.2) is 4.39 Å². The van der Waals surface area contributed by atoms with Gasteiger partial charge in [-0.05, 0) is 61.3 Å². The van der Waals surface area contributed by atoms with Gasteiger partial charge >= 0.3 is 5.97 Å². The van der Waals surface area contributed by atoms with E-state index in [1.54, 1.807) is 6.07 Å². The van der Waals surface area contributed by atoms with Crippen LogP contribution in [0.2, 0.25) is 0 Å². The fraction of sp³-hybridized carbons (Fsp3) is 0.321. The van der Waals surface area contributed by atoms with Crippen LogP contribution < -0.4 is 5.32 Å². The summed E-state index contributed by atoms with van der Waals surface area (Å²) in [6, 6.07) is 14.9. The molecule has 2 aromatic heterocycles. The number of esters is 1. The number of methoxy groups -OCH3 is 1. The van der Waals surface area contributed by atoms with Crippen molar-refractivity contribution in [3.05, 3.63) is 78.0 Å². The molecule has 1 amide bonds. The highest BCUT2D eigenvalue weighted by atomic mass is 19.1. The summed E-state index contributed by atoms with van der Waals surface area (Å²) >= 11 is 0. The summed E-state index contributed by atoms with van der Waals surface area (Å²) in [6.07, 6.45) is 6.86. The topological polar surface area (TPSA) is 73.2 Å². The number of amides is 1. The second kappa shape index (κ2) is 9.86. The second-order valence-electron chi connectivity index (χ2n) is 9.28. The van der Waals surface area contributed by atoms with E-state index in [2.05, 4.69) is 10.3 Å². The molecule has 1 N–H and O–H groups in total. The maximum absolute atomic E-state index is 15.0. The summed E-state index contributed by atoms with van der Waals surface area (Å²) in [5.74, 6) is -0.936. The Balaban J connectivity index is 1.34. The molecule has 5 rings (SSSR count). The van der Waals surface area contributed by atoms with Crippen LogP contribution in [0.5, 0.6) is 0 Å². The van der Waals surface area contributed by atoms with E-state index in [4.69, 9.17) is 4.74 Å². The van der Waals surface area contributed by atoms with E-state index in [-0.39, 0.29) is 23.4 Å². The number of nitrogens with one attached hydrogen (secondary N) is 1. The van der Waals surface area contributed by atoms with Gasteiger partial charge in [-0.2, -0.15) is 0 Å². The van der Waals surface area contributed by atoms with Gasteiger partial charge in [0.2, 0.25) is 0 Å². The van der Waals surface area contributed by atoms with Gasteiger partial charge < -0.3 is 14.6 Å². The maximum atomic E-state index is 15.0. The number of rotatable bonds is 6. The lowest BCUT2D eigenvalue weighted by molar-refractivity contribution is -0.146. The van der Waals surface area contributed by atoms with Crippen LogP contribution in [-0.2, 0) is 16.1 Å². The molecule has 180 valence electrons. The van der Waals surface area contributed by atoms with Crippen molar-refractivity contribution in [3.63, 3.8) is 0 Å². The lowest BCUT2D eigenvalue weighted by Gasteiger charge is -2.27. The van der Waals surface area contributed by atoms with Gasteiger partial charge in [-0.15, -0.1) is 0 Å². The number of fused-ring (bicyclic) bond motifs is 2. The van der Waals surface area contributed by atoms with Crippen molar-refractivity contribution in [3.8, 4) is 0 Å². The average Bonchev–Trinajstić information content (AvgIpc) is 3.29. The van der Waals surface area contributed by atoms with E-state index in [9.17, 15) is 14.0 Å². The number of carbonyl (C=O) groups is 2. The van der Waals surface area contributed by atoms with Crippen LogP contribution >= 0.6 is 0 Å². The van der Waals surface area contributed by atoms with Crippen LogP contribution in [0.1, 0.15) is 41.7 Å². The highest BCUT2D eigenvalue weighted by Gasteiger charge is 2.27. The number of halogens is 1. The first-order valence-corrected chi connectivity index (χ1v) is 12.0. The minimum atomic E-state index is -0.546. The molecule has 1 aliphatic carbocycles. The van der Waals surface area contributed by atoms with E-state index in [0.717, 1.165) is 47.5 Å². The fourth-order valence-corrected chi connectivity index (χ4v) is 5.10. The van der Waals surface area contributed by atoms with Crippen LogP contribution in [0.25, 0.3) is 21.7 Å². The second-order valence-corrected chi connectivity index (χ2v) is 9.28. The Labute approximate surface area is 203 Å². The van der Waals surface area contributed by atoms with Gasteiger partial charge in [0, 0.05) is 29.7 Å². The van der Waals surface area contributed by atoms with Crippen molar-refractivity contribution in [1.82, 2.24) is 14.9 Å². The SMILES string of the molecule is COC(=O)C1CCC(CNC(=O)c2c(F)ccc3ccn(Cc4cc5ccccc5cn4)c23)CC1. The van der Waals surface area contributed by atoms with E-state index in [0.29, 0.717) is 18.6 Å². The molecule has 2 aromatic carbocycles.